The third-order valence-corrected chi connectivity index (χ3v) is 1.29. The van der Waals surface area contributed by atoms with Crippen molar-refractivity contribution in [1.29, 1.82) is 0 Å². The SMILES string of the molecule is Oc1cccc2o[c]nc12. The van der Waals surface area contributed by atoms with E-state index in [4.69, 9.17) is 9.52 Å². The number of rotatable bonds is 0. The van der Waals surface area contributed by atoms with E-state index in [2.05, 4.69) is 11.4 Å². The second-order valence-corrected chi connectivity index (χ2v) is 1.93. The highest BCUT2D eigenvalue weighted by molar-refractivity contribution is 5.78. The molecule has 10 heavy (non-hydrogen) atoms. The number of nitrogens with zero attached hydrogens (tertiary/aromatic N) is 1. The van der Waals surface area contributed by atoms with Crippen molar-refractivity contribution in [2.24, 2.45) is 0 Å². The van der Waals surface area contributed by atoms with Gasteiger partial charge in [-0.15, -0.1) is 0 Å². The van der Waals surface area contributed by atoms with Crippen LogP contribution in [0.2, 0.25) is 0 Å². The molecule has 0 unspecified atom stereocenters. The summed E-state index contributed by atoms with van der Waals surface area (Å²) in [6, 6.07) is 4.97. The molecular weight excluding hydrogens is 130 g/mol. The molecule has 0 saturated heterocycles. The molecule has 1 aromatic heterocycles. The zero-order chi connectivity index (χ0) is 6.97. The number of phenols is 1. The third kappa shape index (κ3) is 0.572. The lowest BCUT2D eigenvalue weighted by molar-refractivity contribution is 0.480. The Bertz CT molecular complexity index is 353. The first-order valence-electron chi connectivity index (χ1n) is 2.82. The summed E-state index contributed by atoms with van der Waals surface area (Å²) in [4.78, 5) is 3.68. The molecule has 49 valence electrons. The second-order valence-electron chi connectivity index (χ2n) is 1.93. The summed E-state index contributed by atoms with van der Waals surface area (Å²) in [7, 11) is 0. The zero-order valence-electron chi connectivity index (χ0n) is 5.03. The molecule has 0 saturated carbocycles. The van der Waals surface area contributed by atoms with Crippen molar-refractivity contribution in [1.82, 2.24) is 4.98 Å². The first-order chi connectivity index (χ1) is 4.88. The topological polar surface area (TPSA) is 46.3 Å². The van der Waals surface area contributed by atoms with Crippen molar-refractivity contribution >= 4 is 11.1 Å². The molecule has 0 aliphatic rings. The van der Waals surface area contributed by atoms with Crippen LogP contribution in [-0.4, -0.2) is 10.1 Å². The van der Waals surface area contributed by atoms with Gasteiger partial charge in [0.25, 0.3) is 6.39 Å². The molecule has 1 aromatic carbocycles. The predicted molar refractivity (Wildman–Crippen MR) is 34.5 cm³/mol. The number of fused-ring (bicyclic) bond motifs is 1. The quantitative estimate of drug-likeness (QED) is 0.591. The molecule has 0 aliphatic carbocycles. The minimum Gasteiger partial charge on any atom is -0.506 e. The molecule has 0 spiro atoms. The maximum absolute atomic E-state index is 9.12. The van der Waals surface area contributed by atoms with E-state index in [0.717, 1.165) is 0 Å². The number of phenolic OH excluding ortho intramolecular Hbond substituents is 1. The standard InChI is InChI=1S/C7H4NO2/c9-5-2-1-3-6-7(5)8-4-10-6/h1-3,9H. The van der Waals surface area contributed by atoms with E-state index < -0.39 is 0 Å². The summed E-state index contributed by atoms with van der Waals surface area (Å²) < 4.78 is 4.80. The van der Waals surface area contributed by atoms with Gasteiger partial charge in [-0.3, -0.25) is 0 Å². The van der Waals surface area contributed by atoms with Gasteiger partial charge in [-0.1, -0.05) is 6.07 Å². The molecule has 1 N–H and O–H groups in total. The summed E-state index contributed by atoms with van der Waals surface area (Å²) in [6.45, 7) is 0. The molecule has 0 fully saturated rings. The first kappa shape index (κ1) is 5.29. The van der Waals surface area contributed by atoms with Crippen molar-refractivity contribution in [2.75, 3.05) is 0 Å². The normalized spacial score (nSPS) is 10.4. The van der Waals surface area contributed by atoms with Crippen LogP contribution >= 0.6 is 0 Å². The highest BCUT2D eigenvalue weighted by Gasteiger charge is 2.01. The Morgan fingerprint density at radius 2 is 2.40 bits per heavy atom. The van der Waals surface area contributed by atoms with Crippen LogP contribution in [-0.2, 0) is 0 Å². The molecule has 1 heterocycles. The lowest BCUT2D eigenvalue weighted by Crippen LogP contribution is -1.67. The van der Waals surface area contributed by atoms with Crippen LogP contribution < -0.4 is 0 Å². The molecule has 0 atom stereocenters. The smallest absolute Gasteiger partial charge is 0.284 e. The third-order valence-electron chi connectivity index (χ3n) is 1.29. The summed E-state index contributed by atoms with van der Waals surface area (Å²) in [6.07, 6.45) is 2.29. The van der Waals surface area contributed by atoms with Crippen LogP contribution in [0.5, 0.6) is 5.75 Å². The van der Waals surface area contributed by atoms with Gasteiger partial charge in [0, 0.05) is 0 Å². The van der Waals surface area contributed by atoms with Crippen molar-refractivity contribution in [3.8, 4) is 5.75 Å². The van der Waals surface area contributed by atoms with E-state index in [-0.39, 0.29) is 5.75 Å². The van der Waals surface area contributed by atoms with E-state index in [9.17, 15) is 0 Å². The van der Waals surface area contributed by atoms with Crippen LogP contribution in [0.3, 0.4) is 0 Å². The predicted octanol–water partition coefficient (Wildman–Crippen LogP) is 1.33. The number of hydrogen-bond donors (Lipinski definition) is 1. The number of oxazole rings is 1. The minimum absolute atomic E-state index is 0.127. The van der Waals surface area contributed by atoms with Crippen molar-refractivity contribution < 1.29 is 9.52 Å². The lowest BCUT2D eigenvalue weighted by atomic mass is 10.3. The Labute approximate surface area is 56.9 Å². The van der Waals surface area contributed by atoms with Gasteiger partial charge in [0.2, 0.25) is 0 Å². The van der Waals surface area contributed by atoms with Gasteiger partial charge in [-0.25, -0.2) is 4.98 Å². The summed E-state index contributed by atoms with van der Waals surface area (Å²) in [5.41, 5.74) is 1.02. The Morgan fingerprint density at radius 3 is 3.20 bits per heavy atom. The van der Waals surface area contributed by atoms with E-state index in [0.29, 0.717) is 11.1 Å². The number of benzene rings is 1. The molecular formula is C7H4NO2. The van der Waals surface area contributed by atoms with E-state index in [1.165, 1.54) is 0 Å². The highest BCUT2D eigenvalue weighted by Crippen LogP contribution is 2.21. The zero-order valence-corrected chi connectivity index (χ0v) is 5.03. The van der Waals surface area contributed by atoms with Crippen LogP contribution in [0.25, 0.3) is 11.1 Å². The van der Waals surface area contributed by atoms with Gasteiger partial charge in [-0.2, -0.15) is 0 Å². The van der Waals surface area contributed by atoms with Crippen LogP contribution in [0, 0.1) is 6.39 Å². The average Bonchev–Trinajstić information content (AvgIpc) is 2.36. The van der Waals surface area contributed by atoms with Crippen LogP contribution in [0.1, 0.15) is 0 Å². The maximum Gasteiger partial charge on any atom is 0.284 e. The fraction of sp³-hybridized carbons (Fsp3) is 0. The Balaban J connectivity index is 2.95. The minimum atomic E-state index is 0.127. The summed E-state index contributed by atoms with van der Waals surface area (Å²) in [5.74, 6) is 0.127. The van der Waals surface area contributed by atoms with Gasteiger partial charge in [0.1, 0.15) is 5.75 Å². The molecule has 0 amide bonds. The average molecular weight is 134 g/mol. The monoisotopic (exact) mass is 134 g/mol. The van der Waals surface area contributed by atoms with Crippen molar-refractivity contribution in [3.63, 3.8) is 0 Å². The van der Waals surface area contributed by atoms with Crippen LogP contribution in [0.4, 0.5) is 0 Å². The number of aromatic nitrogens is 1. The van der Waals surface area contributed by atoms with Crippen molar-refractivity contribution in [2.45, 2.75) is 0 Å². The summed E-state index contributed by atoms with van der Waals surface area (Å²) >= 11 is 0. The molecule has 3 nitrogen and oxygen atoms in total. The fourth-order valence-electron chi connectivity index (χ4n) is 0.823. The van der Waals surface area contributed by atoms with Gasteiger partial charge in [0.05, 0.1) is 0 Å². The Kier molecular flexibility index (Phi) is 0.917. The molecule has 0 aliphatic heterocycles. The Hall–Kier alpha value is -1.51. The molecule has 3 heteroatoms. The Morgan fingerprint density at radius 1 is 1.50 bits per heavy atom. The molecule has 0 bridgehead atoms. The highest BCUT2D eigenvalue weighted by atomic mass is 16.3. The largest absolute Gasteiger partial charge is 0.506 e. The molecule has 2 rings (SSSR count). The first-order valence-corrected chi connectivity index (χ1v) is 2.82. The summed E-state index contributed by atoms with van der Waals surface area (Å²) in [5, 5.41) is 9.12. The number of para-hydroxylation sites is 1. The van der Waals surface area contributed by atoms with Gasteiger partial charge < -0.3 is 9.52 Å². The second kappa shape index (κ2) is 1.73. The van der Waals surface area contributed by atoms with E-state index >= 15 is 0 Å². The number of aromatic hydroxyl groups is 1. The van der Waals surface area contributed by atoms with Crippen LogP contribution in [0.15, 0.2) is 22.6 Å². The lowest BCUT2D eigenvalue weighted by Gasteiger charge is -1.87. The van der Waals surface area contributed by atoms with Gasteiger partial charge >= 0.3 is 0 Å². The molecule has 1 radical (unpaired) electrons. The van der Waals surface area contributed by atoms with E-state index in [1.807, 2.05) is 0 Å². The van der Waals surface area contributed by atoms with Gasteiger partial charge in [0.15, 0.2) is 11.1 Å². The van der Waals surface area contributed by atoms with Gasteiger partial charge in [-0.05, 0) is 12.1 Å². The maximum atomic E-state index is 9.12. The molecule has 2 aromatic rings. The fourth-order valence-corrected chi connectivity index (χ4v) is 0.823. The van der Waals surface area contributed by atoms with E-state index in [1.54, 1.807) is 18.2 Å². The number of hydrogen-bond acceptors (Lipinski definition) is 3. The van der Waals surface area contributed by atoms with Crippen molar-refractivity contribution in [3.05, 3.63) is 24.6 Å².